The highest BCUT2D eigenvalue weighted by Gasteiger charge is 2.29. The Morgan fingerprint density at radius 3 is 2.19 bits per heavy atom. The molecule has 1 aromatic rings. The molecule has 1 rings (SSSR count). The van der Waals surface area contributed by atoms with Gasteiger partial charge in [-0.15, -0.1) is 0 Å². The van der Waals surface area contributed by atoms with Gasteiger partial charge in [0.05, 0.1) is 11.6 Å². The van der Waals surface area contributed by atoms with Crippen LogP contribution >= 0.6 is 0 Å². The van der Waals surface area contributed by atoms with E-state index >= 15 is 0 Å². The Bertz CT molecular complexity index is 371. The number of anilines is 1. The topological polar surface area (TPSA) is 55.1 Å². The highest BCUT2D eigenvalue weighted by Crippen LogP contribution is 2.29. The first-order valence-electron chi connectivity index (χ1n) is 4.54. The highest BCUT2D eigenvalue weighted by atomic mass is 19.4. The molecule has 1 amide bonds. The maximum atomic E-state index is 12.2. The summed E-state index contributed by atoms with van der Waals surface area (Å²) in [5.41, 5.74) is 4.82. The molecule has 1 aromatic carbocycles. The second-order valence-electron chi connectivity index (χ2n) is 3.35. The molecule has 3 N–H and O–H groups in total. The summed E-state index contributed by atoms with van der Waals surface area (Å²) in [4.78, 5) is 11.1. The molecule has 3 nitrogen and oxygen atoms in total. The highest BCUT2D eigenvalue weighted by molar-refractivity contribution is 5.94. The fourth-order valence-electron chi connectivity index (χ4n) is 0.999. The molecule has 0 heterocycles. The normalized spacial score (nSPS) is 13.3. The van der Waals surface area contributed by atoms with E-state index < -0.39 is 23.7 Å². The van der Waals surface area contributed by atoms with Crippen molar-refractivity contribution < 1.29 is 18.0 Å². The van der Waals surface area contributed by atoms with Gasteiger partial charge in [0, 0.05) is 5.69 Å². The Morgan fingerprint density at radius 2 is 1.81 bits per heavy atom. The van der Waals surface area contributed by atoms with Gasteiger partial charge in [-0.25, -0.2) is 0 Å². The fraction of sp³-hybridized carbons (Fsp3) is 0.300. The van der Waals surface area contributed by atoms with Crippen LogP contribution in [0.4, 0.5) is 18.9 Å². The molecule has 0 saturated heterocycles. The number of rotatable bonds is 2. The van der Waals surface area contributed by atoms with Gasteiger partial charge in [0.25, 0.3) is 0 Å². The number of halogens is 3. The zero-order chi connectivity index (χ0) is 12.3. The van der Waals surface area contributed by atoms with E-state index in [1.807, 2.05) is 0 Å². The van der Waals surface area contributed by atoms with Crippen LogP contribution < -0.4 is 11.1 Å². The Kier molecular flexibility index (Phi) is 3.54. The van der Waals surface area contributed by atoms with E-state index in [1.165, 1.54) is 19.1 Å². The molecule has 0 aliphatic rings. The van der Waals surface area contributed by atoms with Crippen LogP contribution in [0.15, 0.2) is 24.3 Å². The van der Waals surface area contributed by atoms with E-state index in [0.29, 0.717) is 0 Å². The fourth-order valence-corrected chi connectivity index (χ4v) is 0.999. The van der Waals surface area contributed by atoms with Crippen LogP contribution in [0, 0.1) is 0 Å². The number of nitrogens with two attached hydrogens (primary N) is 1. The number of alkyl halides is 3. The Labute approximate surface area is 90.4 Å². The summed E-state index contributed by atoms with van der Waals surface area (Å²) in [6.07, 6.45) is -4.37. The largest absolute Gasteiger partial charge is 0.416 e. The minimum absolute atomic E-state index is 0.287. The summed E-state index contributed by atoms with van der Waals surface area (Å²) >= 11 is 0. The lowest BCUT2D eigenvalue weighted by Gasteiger charge is -2.09. The summed E-state index contributed by atoms with van der Waals surface area (Å²) in [6, 6.07) is 3.46. The quantitative estimate of drug-likeness (QED) is 0.819. The lowest BCUT2D eigenvalue weighted by atomic mass is 10.2. The second kappa shape index (κ2) is 4.52. The monoisotopic (exact) mass is 232 g/mol. The van der Waals surface area contributed by atoms with Crippen molar-refractivity contribution in [3.05, 3.63) is 29.8 Å². The molecule has 0 aliphatic carbocycles. The van der Waals surface area contributed by atoms with Gasteiger partial charge < -0.3 is 11.1 Å². The van der Waals surface area contributed by atoms with Crippen LogP contribution in [-0.4, -0.2) is 11.9 Å². The third kappa shape index (κ3) is 3.23. The van der Waals surface area contributed by atoms with E-state index in [0.717, 1.165) is 12.1 Å². The van der Waals surface area contributed by atoms with Crippen molar-refractivity contribution in [3.63, 3.8) is 0 Å². The molecular weight excluding hydrogens is 221 g/mol. The van der Waals surface area contributed by atoms with Gasteiger partial charge in [-0.2, -0.15) is 13.2 Å². The van der Waals surface area contributed by atoms with Crippen LogP contribution in [-0.2, 0) is 11.0 Å². The predicted molar refractivity (Wildman–Crippen MR) is 53.7 cm³/mol. The number of hydrogen-bond acceptors (Lipinski definition) is 2. The smallest absolute Gasteiger partial charge is 0.325 e. The first-order chi connectivity index (χ1) is 7.30. The van der Waals surface area contributed by atoms with Gasteiger partial charge in [0.15, 0.2) is 0 Å². The van der Waals surface area contributed by atoms with Gasteiger partial charge in [-0.3, -0.25) is 4.79 Å². The van der Waals surface area contributed by atoms with Crippen molar-refractivity contribution in [2.24, 2.45) is 5.73 Å². The standard InChI is InChI=1S/C10H11F3N2O/c1-6(14)9(16)15-8-4-2-7(3-5-8)10(11,12)13/h2-6H,14H2,1H3,(H,15,16)/t6-/m0/s1. The van der Waals surface area contributed by atoms with E-state index in [9.17, 15) is 18.0 Å². The maximum absolute atomic E-state index is 12.2. The predicted octanol–water partition coefficient (Wildman–Crippen LogP) is 1.99. The Hall–Kier alpha value is -1.56. The SMILES string of the molecule is C[C@H](N)C(=O)Nc1ccc(C(F)(F)F)cc1. The maximum Gasteiger partial charge on any atom is 0.416 e. The third-order valence-corrected chi connectivity index (χ3v) is 1.89. The molecule has 6 heteroatoms. The van der Waals surface area contributed by atoms with Crippen LogP contribution in [0.2, 0.25) is 0 Å². The van der Waals surface area contributed by atoms with Crippen LogP contribution in [0.25, 0.3) is 0 Å². The molecule has 0 fully saturated rings. The van der Waals surface area contributed by atoms with Crippen LogP contribution in [0.5, 0.6) is 0 Å². The minimum atomic E-state index is -4.37. The van der Waals surface area contributed by atoms with E-state index in [4.69, 9.17) is 5.73 Å². The lowest BCUT2D eigenvalue weighted by molar-refractivity contribution is -0.137. The summed E-state index contributed by atoms with van der Waals surface area (Å²) in [5, 5.41) is 2.39. The van der Waals surface area contributed by atoms with Crippen LogP contribution in [0.1, 0.15) is 12.5 Å². The summed E-state index contributed by atoms with van der Waals surface area (Å²) in [5.74, 6) is -0.445. The van der Waals surface area contributed by atoms with Gasteiger partial charge in [-0.1, -0.05) is 0 Å². The molecule has 1 atom stereocenters. The molecule has 0 radical (unpaired) electrons. The van der Waals surface area contributed by atoms with Gasteiger partial charge in [-0.05, 0) is 31.2 Å². The third-order valence-electron chi connectivity index (χ3n) is 1.89. The van der Waals surface area contributed by atoms with Crippen LogP contribution in [0.3, 0.4) is 0 Å². The van der Waals surface area contributed by atoms with Crippen molar-refractivity contribution in [1.29, 1.82) is 0 Å². The molecule has 0 unspecified atom stereocenters. The zero-order valence-corrected chi connectivity index (χ0v) is 8.51. The zero-order valence-electron chi connectivity index (χ0n) is 8.51. The number of carbonyl (C=O) groups excluding carboxylic acids is 1. The molecule has 0 spiro atoms. The molecule has 16 heavy (non-hydrogen) atoms. The molecule has 88 valence electrons. The Morgan fingerprint density at radius 1 is 1.31 bits per heavy atom. The van der Waals surface area contributed by atoms with Crippen molar-refractivity contribution in [3.8, 4) is 0 Å². The van der Waals surface area contributed by atoms with Crippen molar-refractivity contribution in [2.75, 3.05) is 5.32 Å². The average molecular weight is 232 g/mol. The summed E-state index contributed by atoms with van der Waals surface area (Å²) in [7, 11) is 0. The van der Waals surface area contributed by atoms with Crippen molar-refractivity contribution in [1.82, 2.24) is 0 Å². The first-order valence-corrected chi connectivity index (χ1v) is 4.54. The number of hydrogen-bond donors (Lipinski definition) is 2. The number of amides is 1. The van der Waals surface area contributed by atoms with Gasteiger partial charge in [0.2, 0.25) is 5.91 Å². The molecule has 0 bridgehead atoms. The molecule has 0 aromatic heterocycles. The number of nitrogens with one attached hydrogen (secondary N) is 1. The van der Waals surface area contributed by atoms with Crippen molar-refractivity contribution >= 4 is 11.6 Å². The number of benzene rings is 1. The molecule has 0 saturated carbocycles. The van der Waals surface area contributed by atoms with E-state index in [2.05, 4.69) is 5.32 Å². The van der Waals surface area contributed by atoms with Crippen molar-refractivity contribution in [2.45, 2.75) is 19.1 Å². The van der Waals surface area contributed by atoms with E-state index in [-0.39, 0.29) is 5.69 Å². The van der Waals surface area contributed by atoms with E-state index in [1.54, 1.807) is 0 Å². The average Bonchev–Trinajstić information content (AvgIpc) is 2.17. The second-order valence-corrected chi connectivity index (χ2v) is 3.35. The number of carbonyl (C=O) groups is 1. The molecule has 0 aliphatic heterocycles. The first kappa shape index (κ1) is 12.5. The lowest BCUT2D eigenvalue weighted by Crippen LogP contribution is -2.32. The summed E-state index contributed by atoms with van der Waals surface area (Å²) < 4.78 is 36.6. The van der Waals surface area contributed by atoms with Gasteiger partial charge in [0.1, 0.15) is 0 Å². The minimum Gasteiger partial charge on any atom is -0.325 e. The Balaban J connectivity index is 2.76. The summed E-state index contributed by atoms with van der Waals surface area (Å²) in [6.45, 7) is 1.49. The molecular formula is C10H11F3N2O. The van der Waals surface area contributed by atoms with Gasteiger partial charge >= 0.3 is 6.18 Å².